The van der Waals surface area contributed by atoms with Gasteiger partial charge in [-0.25, -0.2) is 9.67 Å². The Morgan fingerprint density at radius 1 is 1.17 bits per heavy atom. The van der Waals surface area contributed by atoms with Gasteiger partial charge in [0.1, 0.15) is 10.8 Å². The zero-order valence-corrected chi connectivity index (χ0v) is 14.2. The van der Waals surface area contributed by atoms with Gasteiger partial charge < -0.3 is 5.32 Å². The Labute approximate surface area is 144 Å². The first kappa shape index (κ1) is 16.2. The minimum atomic E-state index is -0.198. The molecule has 3 aromatic rings. The van der Waals surface area contributed by atoms with Crippen LogP contribution in [0.3, 0.4) is 0 Å². The van der Waals surface area contributed by atoms with Crippen molar-refractivity contribution in [2.45, 2.75) is 18.0 Å². The van der Waals surface area contributed by atoms with Gasteiger partial charge in [0.05, 0.1) is 17.8 Å². The quantitative estimate of drug-likeness (QED) is 0.722. The number of amides is 1. The minimum absolute atomic E-state index is 0.0211. The molecule has 0 bridgehead atoms. The first-order valence-electron chi connectivity index (χ1n) is 7.44. The number of pyridine rings is 2. The molecule has 6 nitrogen and oxygen atoms in total. The number of rotatable bonds is 5. The van der Waals surface area contributed by atoms with Crippen molar-refractivity contribution in [1.29, 1.82) is 0 Å². The van der Waals surface area contributed by atoms with E-state index in [9.17, 15) is 4.79 Å². The third-order valence-electron chi connectivity index (χ3n) is 3.68. The Morgan fingerprint density at radius 3 is 2.71 bits per heavy atom. The van der Waals surface area contributed by atoms with Crippen molar-refractivity contribution >= 4 is 23.5 Å². The SMILES string of the molecule is CSc1ncccc1C(=O)Nc1ccnn1C(C)c1ccncc1. The summed E-state index contributed by atoms with van der Waals surface area (Å²) < 4.78 is 1.78. The highest BCUT2D eigenvalue weighted by Crippen LogP contribution is 2.23. The van der Waals surface area contributed by atoms with E-state index in [0.717, 1.165) is 5.56 Å². The average molecular weight is 339 g/mol. The maximum atomic E-state index is 12.6. The minimum Gasteiger partial charge on any atom is -0.307 e. The van der Waals surface area contributed by atoms with Crippen LogP contribution in [0.4, 0.5) is 5.82 Å². The largest absolute Gasteiger partial charge is 0.307 e. The van der Waals surface area contributed by atoms with Gasteiger partial charge in [-0.15, -0.1) is 11.8 Å². The third-order valence-corrected chi connectivity index (χ3v) is 4.39. The van der Waals surface area contributed by atoms with Gasteiger partial charge in [0.25, 0.3) is 5.91 Å². The topological polar surface area (TPSA) is 72.7 Å². The molecule has 0 radical (unpaired) electrons. The smallest absolute Gasteiger partial charge is 0.259 e. The van der Waals surface area contributed by atoms with Crippen LogP contribution in [-0.4, -0.2) is 31.9 Å². The fourth-order valence-electron chi connectivity index (χ4n) is 2.42. The van der Waals surface area contributed by atoms with Gasteiger partial charge in [0.2, 0.25) is 0 Å². The van der Waals surface area contributed by atoms with Crippen molar-refractivity contribution in [3.8, 4) is 0 Å². The van der Waals surface area contributed by atoms with Crippen LogP contribution < -0.4 is 5.32 Å². The summed E-state index contributed by atoms with van der Waals surface area (Å²) in [5.74, 6) is 0.441. The molecule has 24 heavy (non-hydrogen) atoms. The predicted octanol–water partition coefficient (Wildman–Crippen LogP) is 3.26. The van der Waals surface area contributed by atoms with Crippen LogP contribution in [-0.2, 0) is 0 Å². The number of nitrogens with zero attached hydrogens (tertiary/aromatic N) is 4. The van der Waals surface area contributed by atoms with Crippen molar-refractivity contribution in [3.05, 3.63) is 66.2 Å². The first-order valence-corrected chi connectivity index (χ1v) is 8.67. The van der Waals surface area contributed by atoms with E-state index < -0.39 is 0 Å². The zero-order chi connectivity index (χ0) is 16.9. The highest BCUT2D eigenvalue weighted by atomic mass is 32.2. The molecular weight excluding hydrogens is 322 g/mol. The molecule has 1 amide bonds. The van der Waals surface area contributed by atoms with Crippen LogP contribution in [0, 0.1) is 0 Å². The number of thioether (sulfide) groups is 1. The van der Waals surface area contributed by atoms with Crippen LogP contribution in [0.1, 0.15) is 28.9 Å². The zero-order valence-electron chi connectivity index (χ0n) is 13.4. The highest BCUT2D eigenvalue weighted by Gasteiger charge is 2.17. The number of hydrogen-bond donors (Lipinski definition) is 1. The maximum absolute atomic E-state index is 12.6. The molecular formula is C17H17N5OS. The lowest BCUT2D eigenvalue weighted by Gasteiger charge is -2.16. The first-order chi connectivity index (χ1) is 11.7. The lowest BCUT2D eigenvalue weighted by atomic mass is 10.1. The Morgan fingerprint density at radius 2 is 1.96 bits per heavy atom. The number of carbonyl (C=O) groups excluding carboxylic acids is 1. The van der Waals surface area contributed by atoms with Gasteiger partial charge in [-0.2, -0.15) is 5.10 Å². The van der Waals surface area contributed by atoms with E-state index in [0.29, 0.717) is 16.4 Å². The molecule has 0 aliphatic carbocycles. The van der Waals surface area contributed by atoms with Gasteiger partial charge in [0, 0.05) is 24.7 Å². The molecule has 1 unspecified atom stereocenters. The Bertz CT molecular complexity index is 834. The lowest BCUT2D eigenvalue weighted by molar-refractivity contribution is 0.102. The standard InChI is InChI=1S/C17H17N5OS/c1-12(13-5-9-18-10-6-13)22-15(7-11-20-22)21-16(23)14-4-3-8-19-17(14)24-2/h3-12H,1-2H3,(H,21,23). The normalized spacial score (nSPS) is 11.9. The molecule has 3 aromatic heterocycles. The molecule has 1 atom stereocenters. The second-order valence-corrected chi connectivity index (χ2v) is 5.93. The molecule has 0 saturated carbocycles. The van der Waals surface area contributed by atoms with Crippen molar-refractivity contribution in [2.75, 3.05) is 11.6 Å². The molecule has 7 heteroatoms. The molecule has 0 fully saturated rings. The summed E-state index contributed by atoms with van der Waals surface area (Å²) in [7, 11) is 0. The lowest BCUT2D eigenvalue weighted by Crippen LogP contribution is -2.19. The van der Waals surface area contributed by atoms with Gasteiger partial charge in [-0.3, -0.25) is 9.78 Å². The summed E-state index contributed by atoms with van der Waals surface area (Å²) in [6.07, 6.45) is 8.74. The van der Waals surface area contributed by atoms with E-state index in [1.165, 1.54) is 11.8 Å². The summed E-state index contributed by atoms with van der Waals surface area (Å²) in [5, 5.41) is 7.96. The maximum Gasteiger partial charge on any atom is 0.259 e. The van der Waals surface area contributed by atoms with Crippen LogP contribution in [0.2, 0.25) is 0 Å². The number of nitrogens with one attached hydrogen (secondary N) is 1. The second kappa shape index (κ2) is 7.27. The molecule has 0 aliphatic heterocycles. The molecule has 1 N–H and O–H groups in total. The summed E-state index contributed by atoms with van der Waals surface area (Å²) in [6.45, 7) is 2.02. The molecule has 0 spiro atoms. The van der Waals surface area contributed by atoms with Gasteiger partial charge >= 0.3 is 0 Å². The third kappa shape index (κ3) is 3.30. The van der Waals surface area contributed by atoms with Crippen molar-refractivity contribution < 1.29 is 4.79 Å². The Kier molecular flexibility index (Phi) is 4.90. The van der Waals surface area contributed by atoms with E-state index in [4.69, 9.17) is 0 Å². The van der Waals surface area contributed by atoms with Gasteiger partial charge in [-0.1, -0.05) is 0 Å². The monoisotopic (exact) mass is 339 g/mol. The van der Waals surface area contributed by atoms with E-state index in [1.807, 2.05) is 25.3 Å². The fourth-order valence-corrected chi connectivity index (χ4v) is 2.96. The average Bonchev–Trinajstić information content (AvgIpc) is 3.09. The van der Waals surface area contributed by atoms with Crippen molar-refractivity contribution in [2.24, 2.45) is 0 Å². The van der Waals surface area contributed by atoms with E-state index in [-0.39, 0.29) is 11.9 Å². The summed E-state index contributed by atoms with van der Waals surface area (Å²) in [5.41, 5.74) is 1.62. The van der Waals surface area contributed by atoms with Crippen LogP contribution >= 0.6 is 11.8 Å². The fraction of sp³-hybridized carbons (Fsp3) is 0.176. The number of carbonyl (C=O) groups is 1. The van der Waals surface area contributed by atoms with E-state index in [1.54, 1.807) is 47.7 Å². The van der Waals surface area contributed by atoms with Gasteiger partial charge in [0.15, 0.2) is 0 Å². The molecule has 122 valence electrons. The Balaban J connectivity index is 1.85. The molecule has 0 saturated heterocycles. The molecule has 3 heterocycles. The molecule has 0 aromatic carbocycles. The number of anilines is 1. The van der Waals surface area contributed by atoms with E-state index >= 15 is 0 Å². The van der Waals surface area contributed by atoms with Crippen LogP contribution in [0.15, 0.2) is 60.1 Å². The predicted molar refractivity (Wildman–Crippen MR) is 94.2 cm³/mol. The second-order valence-electron chi connectivity index (χ2n) is 5.13. The highest BCUT2D eigenvalue weighted by molar-refractivity contribution is 7.98. The van der Waals surface area contributed by atoms with Crippen molar-refractivity contribution in [1.82, 2.24) is 19.7 Å². The number of aromatic nitrogens is 4. The molecule has 0 aliphatic rings. The van der Waals surface area contributed by atoms with E-state index in [2.05, 4.69) is 20.4 Å². The molecule has 3 rings (SSSR count). The summed E-state index contributed by atoms with van der Waals surface area (Å²) in [4.78, 5) is 20.8. The van der Waals surface area contributed by atoms with Crippen LogP contribution in [0.25, 0.3) is 0 Å². The summed E-state index contributed by atoms with van der Waals surface area (Å²) in [6, 6.07) is 9.15. The van der Waals surface area contributed by atoms with Crippen molar-refractivity contribution in [3.63, 3.8) is 0 Å². The Hall–Kier alpha value is -2.67. The van der Waals surface area contributed by atoms with Gasteiger partial charge in [-0.05, 0) is 43.0 Å². The number of hydrogen-bond acceptors (Lipinski definition) is 5. The van der Waals surface area contributed by atoms with Crippen LogP contribution in [0.5, 0.6) is 0 Å². The summed E-state index contributed by atoms with van der Waals surface area (Å²) >= 11 is 1.44.